The summed E-state index contributed by atoms with van der Waals surface area (Å²) in [5.74, 6) is -1.56. The molecule has 0 aliphatic rings. The van der Waals surface area contributed by atoms with Gasteiger partial charge in [0.25, 0.3) is 5.91 Å². The lowest BCUT2D eigenvalue weighted by Gasteiger charge is -2.17. The molecule has 1 aromatic carbocycles. The molecule has 0 saturated heterocycles. The van der Waals surface area contributed by atoms with Crippen molar-refractivity contribution in [3.8, 4) is 0 Å². The van der Waals surface area contributed by atoms with Gasteiger partial charge in [-0.1, -0.05) is 32.0 Å². The number of aliphatic carboxylic acids is 1. The van der Waals surface area contributed by atoms with E-state index in [0.717, 1.165) is 16.6 Å². The number of hydrogen-bond donors (Lipinski definition) is 3. The van der Waals surface area contributed by atoms with Gasteiger partial charge in [0.2, 0.25) is 0 Å². The third kappa shape index (κ3) is 2.52. The molecule has 1 aromatic heterocycles. The second-order valence-corrected chi connectivity index (χ2v) is 5.20. The quantitative estimate of drug-likeness (QED) is 0.800. The van der Waals surface area contributed by atoms with E-state index in [1.165, 1.54) is 0 Å². The summed E-state index contributed by atoms with van der Waals surface area (Å²) in [6.07, 6.45) is 0. The van der Waals surface area contributed by atoms with E-state index in [2.05, 4.69) is 10.3 Å². The Bertz CT molecular complexity index is 658. The zero-order valence-corrected chi connectivity index (χ0v) is 11.7. The van der Waals surface area contributed by atoms with Crippen molar-refractivity contribution >= 4 is 22.8 Å². The first-order chi connectivity index (χ1) is 9.41. The van der Waals surface area contributed by atoms with Crippen LogP contribution in [0, 0.1) is 12.8 Å². The molecule has 106 valence electrons. The Morgan fingerprint density at radius 1 is 1.25 bits per heavy atom. The Hall–Kier alpha value is -2.30. The van der Waals surface area contributed by atoms with Crippen LogP contribution in [0.2, 0.25) is 0 Å². The van der Waals surface area contributed by atoms with Gasteiger partial charge < -0.3 is 15.4 Å². The highest BCUT2D eigenvalue weighted by atomic mass is 16.4. The van der Waals surface area contributed by atoms with Gasteiger partial charge in [-0.25, -0.2) is 4.79 Å². The average Bonchev–Trinajstić information content (AvgIpc) is 2.70. The highest BCUT2D eigenvalue weighted by Gasteiger charge is 2.25. The number of carboxylic acid groups (broad SMARTS) is 1. The first-order valence-electron chi connectivity index (χ1n) is 6.52. The van der Waals surface area contributed by atoms with Crippen LogP contribution in [0.15, 0.2) is 24.3 Å². The smallest absolute Gasteiger partial charge is 0.326 e. The van der Waals surface area contributed by atoms with Crippen LogP contribution >= 0.6 is 0 Å². The maximum Gasteiger partial charge on any atom is 0.326 e. The predicted octanol–water partition coefficient (Wildman–Crippen LogP) is 2.32. The minimum absolute atomic E-state index is 0.179. The number of aryl methyl sites for hydroxylation is 1. The van der Waals surface area contributed by atoms with Crippen molar-refractivity contribution in [3.63, 3.8) is 0 Å². The summed E-state index contributed by atoms with van der Waals surface area (Å²) in [5, 5.41) is 12.5. The molecule has 1 atom stereocenters. The van der Waals surface area contributed by atoms with E-state index in [-0.39, 0.29) is 11.8 Å². The zero-order valence-electron chi connectivity index (χ0n) is 11.7. The topological polar surface area (TPSA) is 82.2 Å². The maximum atomic E-state index is 12.4. The van der Waals surface area contributed by atoms with Gasteiger partial charge in [0, 0.05) is 16.6 Å². The number of nitrogens with one attached hydrogen (secondary N) is 2. The number of carbonyl (C=O) groups excluding carboxylic acids is 1. The molecule has 0 aliphatic heterocycles. The van der Waals surface area contributed by atoms with Gasteiger partial charge in [-0.2, -0.15) is 0 Å². The molecule has 0 bridgehead atoms. The highest BCUT2D eigenvalue weighted by molar-refractivity contribution is 6.08. The molecule has 5 heteroatoms. The van der Waals surface area contributed by atoms with Gasteiger partial charge in [0.1, 0.15) is 6.04 Å². The average molecular weight is 274 g/mol. The lowest BCUT2D eigenvalue weighted by atomic mass is 10.0. The molecule has 2 aromatic rings. The lowest BCUT2D eigenvalue weighted by molar-refractivity contribution is -0.140. The number of rotatable bonds is 4. The summed E-state index contributed by atoms with van der Waals surface area (Å²) in [6.45, 7) is 5.34. The van der Waals surface area contributed by atoms with E-state index in [9.17, 15) is 9.59 Å². The Balaban J connectivity index is 2.36. The summed E-state index contributed by atoms with van der Waals surface area (Å²) in [7, 11) is 0. The number of carbonyl (C=O) groups is 2. The van der Waals surface area contributed by atoms with E-state index < -0.39 is 12.0 Å². The number of carboxylic acids is 1. The molecule has 0 spiro atoms. The summed E-state index contributed by atoms with van der Waals surface area (Å²) < 4.78 is 0. The van der Waals surface area contributed by atoms with Crippen LogP contribution in [0.3, 0.4) is 0 Å². The van der Waals surface area contributed by atoms with E-state index in [1.807, 2.05) is 24.3 Å². The first kappa shape index (κ1) is 14.1. The van der Waals surface area contributed by atoms with Crippen molar-refractivity contribution in [1.82, 2.24) is 10.3 Å². The largest absolute Gasteiger partial charge is 0.480 e. The molecule has 0 fully saturated rings. The van der Waals surface area contributed by atoms with Crippen molar-refractivity contribution in [2.24, 2.45) is 5.92 Å². The Labute approximate surface area is 117 Å². The zero-order chi connectivity index (χ0) is 14.9. The van der Waals surface area contributed by atoms with Gasteiger partial charge in [0.15, 0.2) is 0 Å². The summed E-state index contributed by atoms with van der Waals surface area (Å²) >= 11 is 0. The molecule has 0 radical (unpaired) electrons. The van der Waals surface area contributed by atoms with Gasteiger partial charge in [-0.05, 0) is 18.9 Å². The molecular formula is C15H18N2O3. The third-order valence-electron chi connectivity index (χ3n) is 3.34. The Morgan fingerprint density at radius 3 is 2.50 bits per heavy atom. The lowest BCUT2D eigenvalue weighted by Crippen LogP contribution is -2.44. The maximum absolute atomic E-state index is 12.4. The van der Waals surface area contributed by atoms with Crippen molar-refractivity contribution in [2.75, 3.05) is 0 Å². The number of aromatic amines is 1. The first-order valence-corrected chi connectivity index (χ1v) is 6.52. The number of para-hydroxylation sites is 1. The van der Waals surface area contributed by atoms with Gasteiger partial charge in [0.05, 0.1) is 5.56 Å². The Kier molecular flexibility index (Phi) is 3.79. The molecule has 2 rings (SSSR count). The van der Waals surface area contributed by atoms with Crippen LogP contribution in [0.4, 0.5) is 0 Å². The van der Waals surface area contributed by atoms with Crippen molar-refractivity contribution in [3.05, 3.63) is 35.5 Å². The minimum Gasteiger partial charge on any atom is -0.480 e. The van der Waals surface area contributed by atoms with Crippen LogP contribution in [0.25, 0.3) is 10.9 Å². The number of aromatic nitrogens is 1. The van der Waals surface area contributed by atoms with E-state index in [1.54, 1.807) is 20.8 Å². The summed E-state index contributed by atoms with van der Waals surface area (Å²) in [6, 6.07) is 6.57. The number of H-pyrrole nitrogens is 1. The molecule has 20 heavy (non-hydrogen) atoms. The minimum atomic E-state index is -1.02. The molecular weight excluding hydrogens is 256 g/mol. The third-order valence-corrected chi connectivity index (χ3v) is 3.34. The fourth-order valence-electron chi connectivity index (χ4n) is 2.30. The van der Waals surface area contributed by atoms with Gasteiger partial charge in [-0.3, -0.25) is 4.79 Å². The fraction of sp³-hybridized carbons (Fsp3) is 0.333. The van der Waals surface area contributed by atoms with E-state index >= 15 is 0 Å². The van der Waals surface area contributed by atoms with E-state index in [0.29, 0.717) is 5.56 Å². The second-order valence-electron chi connectivity index (χ2n) is 5.20. The normalized spacial score (nSPS) is 12.6. The standard InChI is InChI=1S/C15H18N2O3/c1-8(2)13(15(19)20)17-14(18)12-9(3)16-11-7-5-4-6-10(11)12/h4-8,13,16H,1-3H3,(H,17,18)(H,19,20)/t13-/m1/s1. The molecule has 5 nitrogen and oxygen atoms in total. The van der Waals surface area contributed by atoms with Crippen molar-refractivity contribution < 1.29 is 14.7 Å². The number of fused-ring (bicyclic) bond motifs is 1. The molecule has 3 N–H and O–H groups in total. The predicted molar refractivity (Wildman–Crippen MR) is 76.8 cm³/mol. The number of benzene rings is 1. The van der Waals surface area contributed by atoms with Crippen LogP contribution in [-0.2, 0) is 4.79 Å². The molecule has 0 saturated carbocycles. The SMILES string of the molecule is Cc1[nH]c2ccccc2c1C(=O)N[C@@H](C(=O)O)C(C)C. The van der Waals surface area contributed by atoms with Crippen LogP contribution in [-0.4, -0.2) is 28.0 Å². The highest BCUT2D eigenvalue weighted by Crippen LogP contribution is 2.22. The molecule has 1 amide bonds. The van der Waals surface area contributed by atoms with Crippen LogP contribution in [0.5, 0.6) is 0 Å². The van der Waals surface area contributed by atoms with Crippen LogP contribution in [0.1, 0.15) is 29.9 Å². The van der Waals surface area contributed by atoms with Crippen molar-refractivity contribution in [2.45, 2.75) is 26.8 Å². The van der Waals surface area contributed by atoms with Gasteiger partial charge >= 0.3 is 5.97 Å². The molecule has 1 heterocycles. The van der Waals surface area contributed by atoms with Crippen molar-refractivity contribution in [1.29, 1.82) is 0 Å². The van der Waals surface area contributed by atoms with E-state index in [4.69, 9.17) is 5.11 Å². The molecule has 0 unspecified atom stereocenters. The fourth-order valence-corrected chi connectivity index (χ4v) is 2.30. The summed E-state index contributed by atoms with van der Waals surface area (Å²) in [5.41, 5.74) is 2.11. The van der Waals surface area contributed by atoms with Crippen LogP contribution < -0.4 is 5.32 Å². The second kappa shape index (κ2) is 5.36. The van der Waals surface area contributed by atoms with Gasteiger partial charge in [-0.15, -0.1) is 0 Å². The Morgan fingerprint density at radius 2 is 1.90 bits per heavy atom. The molecule has 0 aliphatic carbocycles. The number of hydrogen-bond acceptors (Lipinski definition) is 2. The monoisotopic (exact) mass is 274 g/mol. The summed E-state index contributed by atoms with van der Waals surface area (Å²) in [4.78, 5) is 26.7. The number of amides is 1.